The second-order valence-corrected chi connectivity index (χ2v) is 36.9. The van der Waals surface area contributed by atoms with Gasteiger partial charge >= 0.3 is 61.6 Å². The Morgan fingerprint density at radius 3 is 0.545 bits per heavy atom. The molecule has 0 saturated heterocycles. The molecule has 0 fully saturated rings. The van der Waals surface area contributed by atoms with Gasteiger partial charge in [-0.25, -0.2) is 36.0 Å². The van der Waals surface area contributed by atoms with E-state index in [4.69, 9.17) is 18.9 Å². The number of allylic oxidation sites excluding steroid dienone is 8. The summed E-state index contributed by atoms with van der Waals surface area (Å²) in [6, 6.07) is 7.29. The van der Waals surface area contributed by atoms with Gasteiger partial charge in [0.1, 0.15) is 20.2 Å². The summed E-state index contributed by atoms with van der Waals surface area (Å²) < 4.78 is 93.8. The molecule has 2 rings (SSSR count). The molecule has 0 heterocycles. The van der Waals surface area contributed by atoms with Crippen LogP contribution in [0.2, 0.25) is 0 Å². The van der Waals surface area contributed by atoms with E-state index in [0.717, 1.165) is 89.2 Å². The van der Waals surface area contributed by atoms with Crippen LogP contribution in [0.4, 0.5) is 0 Å². The van der Waals surface area contributed by atoms with Gasteiger partial charge in [0.15, 0.2) is 0 Å². The summed E-state index contributed by atoms with van der Waals surface area (Å²) in [4.78, 5) is 50.6. The maximum atomic E-state index is 13.1. The van der Waals surface area contributed by atoms with Gasteiger partial charge in [0, 0.05) is 0 Å². The Morgan fingerprint density at radius 1 is 0.231 bits per heavy atom. The Hall–Kier alpha value is -3.64. The van der Waals surface area contributed by atoms with Crippen molar-refractivity contribution >= 4 is 81.9 Å². The van der Waals surface area contributed by atoms with Crippen molar-refractivity contribution in [2.45, 2.75) is 500 Å². The summed E-state index contributed by atoms with van der Waals surface area (Å²) in [5, 5.41) is 0. The molecule has 0 aromatic heterocycles. The molecule has 2 aromatic rings. The topological polar surface area (TPSA) is 220 Å². The summed E-state index contributed by atoms with van der Waals surface area (Å²) in [7, 11) is -10.0. The molecule has 0 aliphatic rings. The van der Waals surface area contributed by atoms with Crippen molar-refractivity contribution in [1.29, 1.82) is 0 Å². The zero-order valence-electron chi connectivity index (χ0n) is 78.1. The summed E-state index contributed by atoms with van der Waals surface area (Å²) in [5.74, 6) is -3.61. The van der Waals surface area contributed by atoms with E-state index >= 15 is 0 Å². The molecular formula is C104H178CaO14S2. The van der Waals surface area contributed by atoms with Gasteiger partial charge < -0.3 is 28.1 Å². The Labute approximate surface area is 773 Å². The van der Waals surface area contributed by atoms with Gasteiger partial charge in [0.05, 0.1) is 58.5 Å². The van der Waals surface area contributed by atoms with Crippen molar-refractivity contribution in [1.82, 2.24) is 0 Å². The van der Waals surface area contributed by atoms with Gasteiger partial charge in [-0.05, 0) is 127 Å². The Kier molecular flexibility index (Phi) is 85.7. The molecule has 0 bridgehead atoms. The number of hydrogen-bond donors (Lipinski definition) is 0. The molecule has 0 aliphatic carbocycles. The smallest absolute Gasteiger partial charge is 0.744 e. The van der Waals surface area contributed by atoms with Crippen molar-refractivity contribution in [3.8, 4) is 0 Å². The summed E-state index contributed by atoms with van der Waals surface area (Å²) in [6.45, 7) is 9.46. The molecule has 0 amide bonds. The first-order valence-electron chi connectivity index (χ1n) is 50.1. The van der Waals surface area contributed by atoms with Crippen molar-refractivity contribution in [3.05, 3.63) is 107 Å². The van der Waals surface area contributed by atoms with Crippen LogP contribution in [-0.2, 0) is 39.2 Å². The van der Waals surface area contributed by atoms with Crippen molar-refractivity contribution in [3.63, 3.8) is 0 Å². The molecule has 0 saturated carbocycles. The van der Waals surface area contributed by atoms with Crippen LogP contribution >= 0.6 is 0 Å². The van der Waals surface area contributed by atoms with E-state index in [-0.39, 0.29) is 75.3 Å². The Bertz CT molecular complexity index is 2880. The quantitative estimate of drug-likeness (QED) is 0.0150. The van der Waals surface area contributed by atoms with Crippen LogP contribution in [0.5, 0.6) is 0 Å². The van der Waals surface area contributed by atoms with Crippen LogP contribution in [0.3, 0.4) is 0 Å². The van der Waals surface area contributed by atoms with Gasteiger partial charge in [-0.2, -0.15) is 0 Å². The average molecular weight is 1760 g/mol. The standard InChI is InChI=1S/2C52H90O7S.Ca/c2*1-3-5-7-9-11-13-15-17-19-21-23-25-27-29-31-33-35-37-39-41-46-58-51(53)48-44-43-45-49(60(55,56)57)50(48)52(54)59-47-42-40-38-36-34-32-30-28-26-24-22-20-18-16-14-12-10-8-6-4-2;/h2*9-12,43-45H,3-8,13-42,46-47H2,1-2H3,(H,55,56,57);/q;;+2/p-2/b2*11-9+,12-10+;. The fourth-order valence-corrected chi connectivity index (χ4v) is 16.7. The molecule has 0 aliphatic heterocycles. The van der Waals surface area contributed by atoms with E-state index in [1.54, 1.807) is 0 Å². The van der Waals surface area contributed by atoms with E-state index < -0.39 is 65.0 Å². The second-order valence-electron chi connectivity index (χ2n) is 34.2. The number of carbonyl (C=O) groups is 4. The first-order chi connectivity index (χ1) is 58.6. The number of carbonyl (C=O) groups excluding carboxylic acids is 4. The van der Waals surface area contributed by atoms with Gasteiger partial charge in [-0.3, -0.25) is 0 Å². The number of benzene rings is 2. The molecule has 692 valence electrons. The van der Waals surface area contributed by atoms with E-state index in [9.17, 15) is 45.1 Å². The monoisotopic (exact) mass is 1760 g/mol. The molecule has 14 nitrogen and oxygen atoms in total. The fraction of sp³-hybridized carbons (Fsp3) is 0.769. The fourth-order valence-electron chi connectivity index (χ4n) is 15.4. The van der Waals surface area contributed by atoms with Crippen LogP contribution in [0.1, 0.15) is 531 Å². The van der Waals surface area contributed by atoms with Gasteiger partial charge in [0.25, 0.3) is 0 Å². The summed E-state index contributed by atoms with van der Waals surface area (Å²) in [6.07, 6.45) is 106. The van der Waals surface area contributed by atoms with Crippen molar-refractivity contribution in [2.24, 2.45) is 0 Å². The molecule has 2 aromatic carbocycles. The second kappa shape index (κ2) is 88.4. The molecule has 0 radical (unpaired) electrons. The van der Waals surface area contributed by atoms with Crippen LogP contribution in [0.25, 0.3) is 0 Å². The van der Waals surface area contributed by atoms with Crippen LogP contribution < -0.4 is 0 Å². The first-order valence-corrected chi connectivity index (χ1v) is 52.9. The third-order valence-electron chi connectivity index (χ3n) is 23.0. The minimum Gasteiger partial charge on any atom is -0.744 e. The summed E-state index contributed by atoms with van der Waals surface area (Å²) >= 11 is 0. The molecular weight excluding hydrogens is 1580 g/mol. The van der Waals surface area contributed by atoms with E-state index in [2.05, 4.69) is 76.3 Å². The van der Waals surface area contributed by atoms with Crippen LogP contribution in [-0.4, -0.2) is 114 Å². The van der Waals surface area contributed by atoms with Gasteiger partial charge in [-0.1, -0.05) is 448 Å². The van der Waals surface area contributed by atoms with Gasteiger partial charge in [-0.15, -0.1) is 0 Å². The zero-order valence-corrected chi connectivity index (χ0v) is 81.9. The maximum Gasteiger partial charge on any atom is 2.00 e. The largest absolute Gasteiger partial charge is 2.00 e. The van der Waals surface area contributed by atoms with E-state index in [1.165, 1.54) is 384 Å². The molecule has 0 atom stereocenters. The molecule has 0 unspecified atom stereocenters. The number of esters is 4. The third kappa shape index (κ3) is 73.0. The Balaban J connectivity index is 0.00000236. The summed E-state index contributed by atoms with van der Waals surface area (Å²) in [5.41, 5.74) is -1.54. The first kappa shape index (κ1) is 117. The maximum absolute atomic E-state index is 13.1. The predicted octanol–water partition coefficient (Wildman–Crippen LogP) is 31.8. The Morgan fingerprint density at radius 2 is 0.380 bits per heavy atom. The van der Waals surface area contributed by atoms with E-state index in [1.807, 2.05) is 0 Å². The molecule has 17 heteroatoms. The third-order valence-corrected chi connectivity index (χ3v) is 24.8. The number of ether oxygens (including phenoxy) is 4. The SMILES string of the molecule is CCCC/C=C/CCCCCCCCCCCCCCCCOC(=O)c1cccc(S(=O)(=O)[O-])c1C(=O)OCCCCCCCCCCCCCCCC/C=C/CCCC.CCCC/C=C/CCCCCCCCCCCCCCCCOC(=O)c1cccc(S(=O)(=O)[O-])c1C(=O)OCCCCCCCCCCCCCCCC/C=C/CCCC.[Ca+2]. The van der Waals surface area contributed by atoms with Crippen LogP contribution in [0, 0.1) is 0 Å². The van der Waals surface area contributed by atoms with Crippen LogP contribution in [0.15, 0.2) is 94.8 Å². The molecule has 0 N–H and O–H groups in total. The number of hydrogen-bond acceptors (Lipinski definition) is 14. The number of rotatable bonds is 86. The normalized spacial score (nSPS) is 11.8. The van der Waals surface area contributed by atoms with Crippen molar-refractivity contribution in [2.75, 3.05) is 26.4 Å². The van der Waals surface area contributed by atoms with Gasteiger partial charge in [0.2, 0.25) is 0 Å². The average Bonchev–Trinajstić information content (AvgIpc) is 0.796. The minimum atomic E-state index is -5.02. The molecule has 0 spiro atoms. The van der Waals surface area contributed by atoms with E-state index in [0.29, 0.717) is 25.7 Å². The van der Waals surface area contributed by atoms with Crippen molar-refractivity contribution < 1.29 is 64.1 Å². The predicted molar refractivity (Wildman–Crippen MR) is 507 cm³/mol. The molecule has 121 heavy (non-hydrogen) atoms. The number of unbranched alkanes of at least 4 members (excludes halogenated alkanes) is 64. The zero-order chi connectivity index (χ0) is 87.2. The minimum absolute atomic E-state index is 0.